The van der Waals surface area contributed by atoms with E-state index in [4.69, 9.17) is 5.26 Å². The van der Waals surface area contributed by atoms with E-state index < -0.39 is 0 Å². The van der Waals surface area contributed by atoms with Crippen molar-refractivity contribution in [1.29, 1.82) is 5.26 Å². The molecule has 5 heteroatoms. The van der Waals surface area contributed by atoms with Crippen molar-refractivity contribution in [2.24, 2.45) is 0 Å². The lowest BCUT2D eigenvalue weighted by Crippen LogP contribution is -2.31. The maximum atomic E-state index is 8.59. The average Bonchev–Trinajstić information content (AvgIpc) is 2.71. The van der Waals surface area contributed by atoms with Gasteiger partial charge in [0.05, 0.1) is 0 Å². The molecule has 2 heterocycles. The summed E-state index contributed by atoms with van der Waals surface area (Å²) in [7, 11) is 0. The van der Waals surface area contributed by atoms with Gasteiger partial charge in [-0.05, 0) is 6.42 Å². The van der Waals surface area contributed by atoms with Gasteiger partial charge in [0.2, 0.25) is 5.82 Å². The first-order valence-electron chi connectivity index (χ1n) is 4.14. The molecule has 0 aliphatic carbocycles. The van der Waals surface area contributed by atoms with E-state index >= 15 is 0 Å². The van der Waals surface area contributed by atoms with Gasteiger partial charge in [-0.1, -0.05) is 0 Å². The molecule has 1 N–H and O–H groups in total. The molecule has 0 bridgehead atoms. The first-order chi connectivity index (χ1) is 6.40. The van der Waals surface area contributed by atoms with Crippen molar-refractivity contribution in [3.63, 3.8) is 0 Å². The van der Waals surface area contributed by atoms with Crippen molar-refractivity contribution in [3.05, 3.63) is 18.1 Å². The van der Waals surface area contributed by atoms with Gasteiger partial charge in [0.25, 0.3) is 0 Å². The first-order valence-corrected chi connectivity index (χ1v) is 4.14. The van der Waals surface area contributed by atoms with Crippen LogP contribution in [0.1, 0.15) is 12.2 Å². The molecular formula is C8H9N5. The Morgan fingerprint density at radius 2 is 2.54 bits per heavy atom. The third-order valence-corrected chi connectivity index (χ3v) is 1.88. The number of rotatable bonds is 1. The summed E-state index contributed by atoms with van der Waals surface area (Å²) in [6, 6.07) is 3.70. The van der Waals surface area contributed by atoms with Crippen molar-refractivity contribution in [2.75, 3.05) is 18.1 Å². The van der Waals surface area contributed by atoms with Crippen molar-refractivity contribution in [1.82, 2.24) is 15.4 Å². The van der Waals surface area contributed by atoms with E-state index in [1.165, 1.54) is 0 Å². The van der Waals surface area contributed by atoms with Crippen LogP contribution in [0.3, 0.4) is 0 Å². The molecule has 1 aromatic heterocycles. The summed E-state index contributed by atoms with van der Waals surface area (Å²) in [4.78, 5) is 7.87. The summed E-state index contributed by atoms with van der Waals surface area (Å²) < 4.78 is 0. The van der Waals surface area contributed by atoms with Gasteiger partial charge in [-0.3, -0.25) is 5.01 Å². The fourth-order valence-corrected chi connectivity index (χ4v) is 1.28. The zero-order valence-electron chi connectivity index (χ0n) is 7.06. The zero-order chi connectivity index (χ0) is 9.10. The second-order valence-corrected chi connectivity index (χ2v) is 2.76. The van der Waals surface area contributed by atoms with E-state index in [2.05, 4.69) is 15.4 Å². The maximum Gasteiger partial charge on any atom is 0.234 e. The van der Waals surface area contributed by atoms with E-state index in [-0.39, 0.29) is 5.82 Å². The topological polar surface area (TPSA) is 64.8 Å². The molecule has 1 aliphatic rings. The molecule has 0 spiro atoms. The molecular weight excluding hydrogens is 166 g/mol. The van der Waals surface area contributed by atoms with Crippen LogP contribution in [0.5, 0.6) is 0 Å². The lowest BCUT2D eigenvalue weighted by Gasteiger charge is -2.15. The van der Waals surface area contributed by atoms with Crippen LogP contribution in [0, 0.1) is 11.3 Å². The van der Waals surface area contributed by atoms with Crippen molar-refractivity contribution >= 4 is 5.82 Å². The predicted molar refractivity (Wildman–Crippen MR) is 46.7 cm³/mol. The summed E-state index contributed by atoms with van der Waals surface area (Å²) in [5.74, 6) is 0.982. The van der Waals surface area contributed by atoms with Gasteiger partial charge in [-0.2, -0.15) is 5.26 Å². The molecule has 0 atom stereocenters. The Balaban J connectivity index is 2.25. The SMILES string of the molecule is N#Cc1nccc(N2CCCN2)n1. The summed E-state index contributed by atoms with van der Waals surface area (Å²) in [6.07, 6.45) is 2.70. The minimum Gasteiger partial charge on any atom is -0.292 e. The van der Waals surface area contributed by atoms with E-state index in [1.54, 1.807) is 12.3 Å². The highest BCUT2D eigenvalue weighted by Crippen LogP contribution is 2.10. The monoisotopic (exact) mass is 175 g/mol. The summed E-state index contributed by atoms with van der Waals surface area (Å²) in [5.41, 5.74) is 3.16. The third kappa shape index (κ3) is 1.58. The first kappa shape index (κ1) is 7.95. The number of hydrogen-bond donors (Lipinski definition) is 1. The van der Waals surface area contributed by atoms with Gasteiger partial charge in [0.1, 0.15) is 11.9 Å². The second kappa shape index (κ2) is 3.37. The Kier molecular flexibility index (Phi) is 2.06. The highest BCUT2D eigenvalue weighted by atomic mass is 15.5. The highest BCUT2D eigenvalue weighted by molar-refractivity contribution is 5.38. The van der Waals surface area contributed by atoms with Crippen LogP contribution in [0.2, 0.25) is 0 Å². The fraction of sp³-hybridized carbons (Fsp3) is 0.375. The maximum absolute atomic E-state index is 8.59. The molecule has 0 amide bonds. The van der Waals surface area contributed by atoms with Crippen molar-refractivity contribution in [2.45, 2.75) is 6.42 Å². The minimum absolute atomic E-state index is 0.214. The number of hydrazine groups is 1. The Morgan fingerprint density at radius 3 is 3.23 bits per heavy atom. The second-order valence-electron chi connectivity index (χ2n) is 2.76. The highest BCUT2D eigenvalue weighted by Gasteiger charge is 2.12. The fourth-order valence-electron chi connectivity index (χ4n) is 1.28. The number of hydrogen-bond acceptors (Lipinski definition) is 5. The zero-order valence-corrected chi connectivity index (χ0v) is 7.06. The molecule has 5 nitrogen and oxygen atoms in total. The van der Waals surface area contributed by atoms with E-state index in [9.17, 15) is 0 Å². The summed E-state index contributed by atoms with van der Waals surface area (Å²) in [6.45, 7) is 1.90. The Morgan fingerprint density at radius 1 is 1.62 bits per heavy atom. The molecule has 1 fully saturated rings. The number of nitriles is 1. The average molecular weight is 175 g/mol. The summed E-state index contributed by atoms with van der Waals surface area (Å²) in [5, 5.41) is 10.5. The van der Waals surface area contributed by atoms with Crippen LogP contribution >= 0.6 is 0 Å². The molecule has 1 saturated heterocycles. The number of nitrogens with zero attached hydrogens (tertiary/aromatic N) is 4. The van der Waals surface area contributed by atoms with Crippen molar-refractivity contribution < 1.29 is 0 Å². The molecule has 0 unspecified atom stereocenters. The van der Waals surface area contributed by atoms with Crippen LogP contribution in [-0.2, 0) is 0 Å². The molecule has 0 radical (unpaired) electrons. The van der Waals surface area contributed by atoms with Crippen LogP contribution < -0.4 is 10.4 Å². The van der Waals surface area contributed by atoms with E-state index in [1.807, 2.05) is 11.1 Å². The molecule has 13 heavy (non-hydrogen) atoms. The van der Waals surface area contributed by atoms with E-state index in [0.29, 0.717) is 0 Å². The Hall–Kier alpha value is -1.67. The number of anilines is 1. The molecule has 0 saturated carbocycles. The predicted octanol–water partition coefficient (Wildman–Crippen LogP) is 0.0630. The Labute approximate surface area is 76.0 Å². The summed E-state index contributed by atoms with van der Waals surface area (Å²) >= 11 is 0. The van der Waals surface area contributed by atoms with Crippen molar-refractivity contribution in [3.8, 4) is 6.07 Å². The van der Waals surface area contributed by atoms with Gasteiger partial charge < -0.3 is 0 Å². The van der Waals surface area contributed by atoms with Crippen LogP contribution in [0.4, 0.5) is 5.82 Å². The van der Waals surface area contributed by atoms with Gasteiger partial charge >= 0.3 is 0 Å². The van der Waals surface area contributed by atoms with Gasteiger partial charge in [0, 0.05) is 25.4 Å². The minimum atomic E-state index is 0.214. The molecule has 2 rings (SSSR count). The van der Waals surface area contributed by atoms with Gasteiger partial charge in [-0.25, -0.2) is 15.4 Å². The third-order valence-electron chi connectivity index (χ3n) is 1.88. The standard InChI is InChI=1S/C8H9N5/c9-6-7-10-4-2-8(12-7)13-5-1-3-11-13/h2,4,11H,1,3,5H2. The molecule has 66 valence electrons. The van der Waals surface area contributed by atoms with Crippen LogP contribution in [0.15, 0.2) is 12.3 Å². The normalized spacial score (nSPS) is 15.8. The molecule has 1 aromatic rings. The number of nitrogens with one attached hydrogen (secondary N) is 1. The van der Waals surface area contributed by atoms with Crippen LogP contribution in [-0.4, -0.2) is 23.1 Å². The number of aromatic nitrogens is 2. The van der Waals surface area contributed by atoms with Gasteiger partial charge in [0.15, 0.2) is 0 Å². The smallest absolute Gasteiger partial charge is 0.234 e. The van der Waals surface area contributed by atoms with E-state index in [0.717, 1.165) is 25.3 Å². The largest absolute Gasteiger partial charge is 0.292 e. The lowest BCUT2D eigenvalue weighted by atomic mass is 10.4. The lowest BCUT2D eigenvalue weighted by molar-refractivity contribution is 0.769. The Bertz CT molecular complexity index is 337. The quantitative estimate of drug-likeness (QED) is 0.654. The molecule has 0 aromatic carbocycles. The van der Waals surface area contributed by atoms with Crippen LogP contribution in [0.25, 0.3) is 0 Å². The van der Waals surface area contributed by atoms with Gasteiger partial charge in [-0.15, -0.1) is 0 Å². The molecule has 1 aliphatic heterocycles.